The summed E-state index contributed by atoms with van der Waals surface area (Å²) in [6.07, 6.45) is 1.18. The Bertz CT molecular complexity index is 2220. The highest BCUT2D eigenvalue weighted by Crippen LogP contribution is 2.38. The minimum atomic E-state index is -1.98. The number of aliphatic hydroxyl groups is 1. The number of carbonyl (C=O) groups excluding carboxylic acids is 2. The molecule has 0 spiro atoms. The Hall–Kier alpha value is -5.54. The van der Waals surface area contributed by atoms with Crippen molar-refractivity contribution in [2.24, 2.45) is 5.92 Å². The smallest absolute Gasteiger partial charge is 0.280 e. The Morgan fingerprint density at radius 1 is 1.02 bits per heavy atom. The van der Waals surface area contributed by atoms with Crippen LogP contribution < -0.4 is 16.0 Å². The molecule has 3 aromatic heterocycles. The predicted octanol–water partition coefficient (Wildman–Crippen LogP) is 5.14. The van der Waals surface area contributed by atoms with Crippen molar-refractivity contribution in [1.29, 1.82) is 0 Å². The number of alkyl halides is 1. The van der Waals surface area contributed by atoms with Gasteiger partial charge in [0.1, 0.15) is 39.6 Å². The molecule has 2 fully saturated rings. The number of amides is 2. The Balaban J connectivity index is 1.04. The molecule has 12 nitrogen and oxygen atoms in total. The van der Waals surface area contributed by atoms with E-state index in [9.17, 15) is 23.9 Å². The van der Waals surface area contributed by atoms with Crippen molar-refractivity contribution in [2.45, 2.75) is 50.9 Å². The molecule has 5 heterocycles. The summed E-state index contributed by atoms with van der Waals surface area (Å²) < 4.78 is 35.8. The second-order valence-corrected chi connectivity index (χ2v) is 14.8. The highest BCUT2D eigenvalue weighted by molar-refractivity contribution is 7.17. The molecule has 0 aliphatic carbocycles. The number of nitrogens with two attached hydrogens (primary N) is 1. The van der Waals surface area contributed by atoms with Crippen molar-refractivity contribution in [3.05, 3.63) is 117 Å². The normalized spacial score (nSPS) is 21.5. The summed E-state index contributed by atoms with van der Waals surface area (Å²) in [5.41, 5.74) is 6.14. The molecule has 3 N–H and O–H groups in total. The number of piperidine rings is 2. The number of likely N-dealkylation sites (tertiary alicyclic amines) is 2. The number of carbonyl (C=O) groups is 2. The van der Waals surface area contributed by atoms with Crippen LogP contribution in [-0.2, 0) is 11.3 Å². The number of ether oxygens (including phenoxy) is 1. The molecule has 0 saturated carbocycles. The average molecular weight is 756 g/mol. The molecule has 5 aromatic rings. The Morgan fingerprint density at radius 2 is 1.78 bits per heavy atom. The summed E-state index contributed by atoms with van der Waals surface area (Å²) in [4.78, 5) is 58.0. The third kappa shape index (κ3) is 7.46. The van der Waals surface area contributed by atoms with Gasteiger partial charge in [-0.25, -0.2) is 18.7 Å². The van der Waals surface area contributed by atoms with Crippen LogP contribution >= 0.6 is 11.3 Å². The molecule has 2 amide bonds. The molecule has 2 aliphatic heterocycles. The molecule has 0 radical (unpaired) electrons. The lowest BCUT2D eigenvalue weighted by molar-refractivity contribution is -0.149. The fraction of sp³-hybridized carbons (Fsp3) is 0.333. The van der Waals surface area contributed by atoms with E-state index >= 15 is 4.39 Å². The number of pyridine rings is 1. The van der Waals surface area contributed by atoms with Gasteiger partial charge in [0.2, 0.25) is 11.8 Å². The number of hydrogen-bond donors (Lipinski definition) is 2. The van der Waals surface area contributed by atoms with E-state index in [0.29, 0.717) is 28.5 Å². The largest absolute Gasteiger partial charge is 0.437 e. The zero-order chi connectivity index (χ0) is 38.1. The van der Waals surface area contributed by atoms with Crippen LogP contribution in [0.1, 0.15) is 45.4 Å². The monoisotopic (exact) mass is 755 g/mol. The quantitative estimate of drug-likeness (QED) is 0.219. The zero-order valence-electron chi connectivity index (χ0n) is 29.7. The number of nitrogens with zero attached hydrogens (tertiary/aromatic N) is 6. The molecular formula is C39H39F2N7O5S. The second-order valence-electron chi connectivity index (χ2n) is 13.8. The van der Waals surface area contributed by atoms with Gasteiger partial charge in [0.25, 0.3) is 11.5 Å². The van der Waals surface area contributed by atoms with Crippen molar-refractivity contribution < 1.29 is 28.2 Å². The number of nitrogen functional groups attached to an aromatic ring is 1. The maximum Gasteiger partial charge on any atom is 0.280 e. The average Bonchev–Trinajstić information content (AvgIpc) is 3.57. The van der Waals surface area contributed by atoms with Gasteiger partial charge in [-0.05, 0) is 68.7 Å². The summed E-state index contributed by atoms with van der Waals surface area (Å²) in [6, 6.07) is 18.4. The molecule has 54 heavy (non-hydrogen) atoms. The highest BCUT2D eigenvalue weighted by atomic mass is 32.1. The van der Waals surface area contributed by atoms with Gasteiger partial charge in [-0.1, -0.05) is 30.3 Å². The third-order valence-electron chi connectivity index (χ3n) is 10.2. The third-order valence-corrected chi connectivity index (χ3v) is 11.4. The molecule has 2 aliphatic rings. The van der Waals surface area contributed by atoms with E-state index in [1.54, 1.807) is 11.1 Å². The van der Waals surface area contributed by atoms with Crippen LogP contribution in [0.3, 0.4) is 0 Å². The first kappa shape index (κ1) is 36.8. The number of halogens is 2. The first-order valence-corrected chi connectivity index (χ1v) is 18.4. The minimum absolute atomic E-state index is 0.0521. The predicted molar refractivity (Wildman–Crippen MR) is 198 cm³/mol. The van der Waals surface area contributed by atoms with Gasteiger partial charge in [-0.3, -0.25) is 23.9 Å². The standard InChI is InChI=1S/C39H39F2N7O5S/c1-23-8-9-26(18-43-23)35-45-24(2)33(54-35)38(51)46-16-14-29(30(19-46)25-6-4-3-5-7-25)36(49)47-17-15-39(52,31(41)20-47)21-48-22-44-34(32(42)37(48)50)53-28-12-10-27(40)11-13-28/h3-13,18,22,29-31,52H,14-17,19-21,42H2,1-2H3/t29-,30+,31-,39?/m1/s1. The van der Waals surface area contributed by atoms with Crippen molar-refractivity contribution in [3.63, 3.8) is 0 Å². The highest BCUT2D eigenvalue weighted by Gasteiger charge is 2.47. The number of aryl methyl sites for hydroxylation is 2. The summed E-state index contributed by atoms with van der Waals surface area (Å²) in [6.45, 7) is 3.55. The lowest BCUT2D eigenvalue weighted by atomic mass is 9.79. The van der Waals surface area contributed by atoms with E-state index in [-0.39, 0.29) is 61.1 Å². The maximum absolute atomic E-state index is 16.0. The van der Waals surface area contributed by atoms with E-state index < -0.39 is 35.6 Å². The van der Waals surface area contributed by atoms with Gasteiger partial charge in [0.15, 0.2) is 5.69 Å². The van der Waals surface area contributed by atoms with Crippen LogP contribution in [0.25, 0.3) is 10.6 Å². The molecule has 1 unspecified atom stereocenters. The van der Waals surface area contributed by atoms with Gasteiger partial charge < -0.3 is 25.4 Å². The first-order valence-electron chi connectivity index (χ1n) is 17.6. The Labute approximate surface area is 313 Å². The van der Waals surface area contributed by atoms with Crippen LogP contribution in [-0.4, -0.2) is 84.2 Å². The van der Waals surface area contributed by atoms with Crippen LogP contribution in [0.15, 0.2) is 84.0 Å². The number of thiazole rings is 1. The second kappa shape index (κ2) is 15.1. The van der Waals surface area contributed by atoms with Crippen molar-refractivity contribution in [3.8, 4) is 22.2 Å². The van der Waals surface area contributed by atoms with Crippen molar-refractivity contribution >= 4 is 28.8 Å². The summed E-state index contributed by atoms with van der Waals surface area (Å²) >= 11 is 1.32. The molecule has 4 atom stereocenters. The van der Waals surface area contributed by atoms with Crippen LogP contribution in [0, 0.1) is 25.6 Å². The summed E-state index contributed by atoms with van der Waals surface area (Å²) in [7, 11) is 0. The molecule has 0 bridgehead atoms. The molecular weight excluding hydrogens is 717 g/mol. The van der Waals surface area contributed by atoms with Crippen molar-refractivity contribution in [2.75, 3.05) is 31.9 Å². The number of benzene rings is 2. The van der Waals surface area contributed by atoms with E-state index in [1.165, 1.54) is 40.5 Å². The van der Waals surface area contributed by atoms with Gasteiger partial charge in [-0.2, -0.15) is 0 Å². The molecule has 7 rings (SSSR count). The SMILES string of the molecule is Cc1ccc(-c2nc(C)c(C(=O)N3CC[C@@H](C(=O)N4CCC(O)(Cn5cnc(Oc6ccc(F)cc6)c(N)c5=O)[C@H](F)C4)[C@H](c4ccccc4)C3)s2)cn1. The van der Waals surface area contributed by atoms with Gasteiger partial charge in [-0.15, -0.1) is 11.3 Å². The van der Waals surface area contributed by atoms with Crippen LogP contribution in [0.2, 0.25) is 0 Å². The van der Waals surface area contributed by atoms with Crippen molar-refractivity contribution in [1.82, 2.24) is 29.3 Å². The van der Waals surface area contributed by atoms with Gasteiger partial charge >= 0.3 is 0 Å². The lowest BCUT2D eigenvalue weighted by Gasteiger charge is -2.44. The zero-order valence-corrected chi connectivity index (χ0v) is 30.5. The molecule has 2 saturated heterocycles. The Kier molecular flexibility index (Phi) is 10.3. The van der Waals surface area contributed by atoms with E-state index in [0.717, 1.165) is 27.7 Å². The molecule has 2 aromatic carbocycles. The molecule has 15 heteroatoms. The topological polar surface area (TPSA) is 157 Å². The van der Waals surface area contributed by atoms with Gasteiger partial charge in [0, 0.05) is 48.9 Å². The number of aromatic nitrogens is 4. The van der Waals surface area contributed by atoms with E-state index in [1.807, 2.05) is 56.3 Å². The fourth-order valence-corrected chi connectivity index (χ4v) is 8.10. The van der Waals surface area contributed by atoms with Gasteiger partial charge in [0.05, 0.1) is 18.8 Å². The fourth-order valence-electron chi connectivity index (χ4n) is 7.07. The number of rotatable bonds is 8. The molecule has 280 valence electrons. The van der Waals surface area contributed by atoms with E-state index in [2.05, 4.69) is 15.0 Å². The lowest BCUT2D eigenvalue weighted by Crippen LogP contribution is -2.59. The number of anilines is 1. The van der Waals surface area contributed by atoms with Crippen LogP contribution in [0.4, 0.5) is 14.5 Å². The summed E-state index contributed by atoms with van der Waals surface area (Å²) in [5.74, 6) is -1.77. The van der Waals surface area contributed by atoms with Crippen LogP contribution in [0.5, 0.6) is 11.6 Å². The number of hydrogen-bond acceptors (Lipinski definition) is 10. The first-order chi connectivity index (χ1) is 25.9. The maximum atomic E-state index is 16.0. The minimum Gasteiger partial charge on any atom is -0.437 e. The van der Waals surface area contributed by atoms with E-state index in [4.69, 9.17) is 10.5 Å². The summed E-state index contributed by atoms with van der Waals surface area (Å²) in [5, 5.41) is 12.1. The Morgan fingerprint density at radius 3 is 2.48 bits per heavy atom.